The van der Waals surface area contributed by atoms with Crippen LogP contribution in [0.3, 0.4) is 0 Å². The van der Waals surface area contributed by atoms with Gasteiger partial charge in [-0.25, -0.2) is 16.8 Å². The maximum absolute atomic E-state index is 13.2. The van der Waals surface area contributed by atoms with E-state index >= 15 is 0 Å². The number of quaternary nitrogens is 2. The molecule has 0 bridgehead atoms. The topological polar surface area (TPSA) is 241 Å². The minimum Gasteiger partial charge on any atom is -0.744 e. The van der Waals surface area contributed by atoms with E-state index in [1.165, 1.54) is 70.8 Å². The van der Waals surface area contributed by atoms with Gasteiger partial charge in [0, 0.05) is 36.8 Å². The molecule has 6 aromatic rings. The zero-order valence-electron chi connectivity index (χ0n) is 52.1. The monoisotopic (exact) mass is 1260 g/mol. The number of hydrogen-bond acceptors (Lipinski definition) is 18. The van der Waals surface area contributed by atoms with Gasteiger partial charge in [-0.3, -0.25) is 9.59 Å². The summed E-state index contributed by atoms with van der Waals surface area (Å²) in [5, 5.41) is 0. The van der Waals surface area contributed by atoms with E-state index in [-0.39, 0.29) is 33.8 Å². The van der Waals surface area contributed by atoms with Crippen molar-refractivity contribution in [3.8, 4) is 46.0 Å². The van der Waals surface area contributed by atoms with Crippen molar-refractivity contribution in [3.05, 3.63) is 155 Å². The van der Waals surface area contributed by atoms with Crippen LogP contribution in [0.15, 0.2) is 131 Å². The van der Waals surface area contributed by atoms with Gasteiger partial charge >= 0.3 is 11.9 Å². The molecule has 0 saturated carbocycles. The minimum absolute atomic E-state index is 0.0484. The number of esters is 2. The summed E-state index contributed by atoms with van der Waals surface area (Å²) in [6.07, 6.45) is 7.00. The van der Waals surface area contributed by atoms with Crippen LogP contribution in [0.2, 0.25) is 0 Å². The number of carbonyl (C=O) groups excluding carboxylic acids is 2. The molecule has 0 spiro atoms. The molecule has 8 rings (SSSR count). The van der Waals surface area contributed by atoms with Crippen molar-refractivity contribution in [2.75, 3.05) is 110 Å². The molecule has 2 aliphatic heterocycles. The molecule has 0 N–H and O–H groups in total. The highest BCUT2D eigenvalue weighted by molar-refractivity contribution is 7.86. The number of fused-ring (bicyclic) bond motifs is 2. The highest BCUT2D eigenvalue weighted by atomic mass is 32.2. The molecule has 0 unspecified atom stereocenters. The smallest absolute Gasteiger partial charge is 0.311 e. The molecule has 22 heteroatoms. The van der Waals surface area contributed by atoms with E-state index in [4.69, 9.17) is 47.4 Å². The van der Waals surface area contributed by atoms with Crippen LogP contribution in [-0.4, -0.2) is 157 Å². The maximum atomic E-state index is 13.2. The lowest BCUT2D eigenvalue weighted by molar-refractivity contribution is -0.940. The first-order chi connectivity index (χ1) is 42.1. The second-order valence-electron chi connectivity index (χ2n) is 21.9. The number of hydrogen-bond donors (Lipinski definition) is 0. The lowest BCUT2D eigenvalue weighted by Gasteiger charge is -2.46. The maximum Gasteiger partial charge on any atom is 0.311 e. The summed E-state index contributed by atoms with van der Waals surface area (Å²) >= 11 is 0. The van der Waals surface area contributed by atoms with Gasteiger partial charge < -0.3 is 65.4 Å². The quantitative estimate of drug-likeness (QED) is 0.0202. The highest BCUT2D eigenvalue weighted by Gasteiger charge is 2.42. The SMILES string of the molecule is COc1ccc(C[C@@H]2c3cc(OC)c(OC)cc3CC[N@+]2(C)CCC(=O)OCCCCCCOC(=O)CC[N@@+]2(C)CCc3cc(OC)c(OC)cc3[C@H]2Cc2ccc(OC)c(OC)c2)cc1OC.O=S(=O)([O-])c1ccccc1.O=S(=O)([O-])c1ccccc1. The lowest BCUT2D eigenvalue weighted by atomic mass is 9.86. The predicted octanol–water partition coefficient (Wildman–Crippen LogP) is 9.64. The molecule has 0 fully saturated rings. The molecule has 0 aliphatic carbocycles. The molecule has 0 aromatic heterocycles. The molecule has 478 valence electrons. The molecular weight excluding hydrogens is 1170 g/mol. The van der Waals surface area contributed by atoms with Crippen LogP contribution in [0, 0.1) is 0 Å². The zero-order chi connectivity index (χ0) is 64.1. The van der Waals surface area contributed by atoms with Gasteiger partial charge in [-0.15, -0.1) is 0 Å². The number of unbranched alkanes of at least 4 members (excludes halogenated alkanes) is 3. The molecular formula is C66H84N2O18S2. The standard InChI is InChI=1S/C54H74N2O12.2C6H6O3S/c1-55(23-19-39-33-49(63-7)51(65-9)35-41(39)43(55)29-37-15-17-45(59-3)47(31-37)61-5)25-21-53(57)67-27-13-11-12-14-28-68-54(58)22-26-56(2)24-20-40-34-50(64-8)52(66-10)36-42(40)44(56)30-38-16-18-46(60-4)48(32-38)62-6;2*7-10(8,9)6-4-2-1-3-5-6/h15-18,31-36,43-44H,11-14,19-30H2,1-10H3;2*1-5H,(H,7,8,9)/q+2;;/p-2/t43-,44-,55-,56-;;/m1../s1. The number of nitrogens with zero attached hydrogens (tertiary/aromatic N) is 2. The Bertz CT molecular complexity index is 3250. The van der Waals surface area contributed by atoms with Crippen LogP contribution in [0.4, 0.5) is 0 Å². The highest BCUT2D eigenvalue weighted by Crippen LogP contribution is 2.45. The van der Waals surface area contributed by atoms with Crippen molar-refractivity contribution in [2.24, 2.45) is 0 Å². The van der Waals surface area contributed by atoms with Crippen molar-refractivity contribution < 1.29 is 91.9 Å². The van der Waals surface area contributed by atoms with Crippen LogP contribution < -0.4 is 37.9 Å². The Hall–Kier alpha value is -7.60. The Labute approximate surface area is 518 Å². The van der Waals surface area contributed by atoms with Crippen LogP contribution in [-0.2, 0) is 65.0 Å². The second-order valence-corrected chi connectivity index (χ2v) is 24.6. The molecule has 6 aromatic carbocycles. The van der Waals surface area contributed by atoms with Gasteiger partial charge in [-0.1, -0.05) is 48.5 Å². The first-order valence-corrected chi connectivity index (χ1v) is 31.8. The van der Waals surface area contributed by atoms with E-state index in [0.29, 0.717) is 94.1 Å². The minimum atomic E-state index is -4.25. The van der Waals surface area contributed by atoms with Gasteiger partial charge in [0.05, 0.1) is 133 Å². The molecule has 88 heavy (non-hydrogen) atoms. The van der Waals surface area contributed by atoms with Crippen LogP contribution in [0.1, 0.15) is 84.0 Å². The van der Waals surface area contributed by atoms with Crippen LogP contribution in [0.5, 0.6) is 46.0 Å². The molecule has 20 nitrogen and oxygen atoms in total. The predicted molar refractivity (Wildman–Crippen MR) is 329 cm³/mol. The van der Waals surface area contributed by atoms with Gasteiger partial charge in [0.1, 0.15) is 32.3 Å². The number of benzene rings is 6. The van der Waals surface area contributed by atoms with E-state index in [1.54, 1.807) is 69.0 Å². The first-order valence-electron chi connectivity index (χ1n) is 29.0. The Balaban J connectivity index is 0.000000519. The van der Waals surface area contributed by atoms with Crippen molar-refractivity contribution in [1.82, 2.24) is 0 Å². The third-order valence-corrected chi connectivity index (χ3v) is 18.0. The van der Waals surface area contributed by atoms with Gasteiger partial charge in [0.15, 0.2) is 46.0 Å². The molecule has 2 aliphatic rings. The number of likely N-dealkylation sites (N-methyl/N-ethyl adjacent to an activating group) is 2. The van der Waals surface area contributed by atoms with Gasteiger partial charge in [0.25, 0.3) is 0 Å². The summed E-state index contributed by atoms with van der Waals surface area (Å²) in [7, 11) is 9.14. The van der Waals surface area contributed by atoms with Crippen molar-refractivity contribution in [1.29, 1.82) is 0 Å². The van der Waals surface area contributed by atoms with E-state index in [9.17, 15) is 35.5 Å². The van der Waals surface area contributed by atoms with Crippen molar-refractivity contribution in [3.63, 3.8) is 0 Å². The fourth-order valence-electron chi connectivity index (χ4n) is 11.3. The fourth-order valence-corrected chi connectivity index (χ4v) is 12.2. The second kappa shape index (κ2) is 32.6. The van der Waals surface area contributed by atoms with E-state index in [2.05, 4.69) is 50.5 Å². The molecule has 2 heterocycles. The van der Waals surface area contributed by atoms with E-state index < -0.39 is 20.2 Å². The van der Waals surface area contributed by atoms with Gasteiger partial charge in [0.2, 0.25) is 0 Å². The molecule has 0 amide bonds. The van der Waals surface area contributed by atoms with Gasteiger partial charge in [-0.05, 0) is 121 Å². The summed E-state index contributed by atoms with van der Waals surface area (Å²) in [6, 6.07) is 34.9. The summed E-state index contributed by atoms with van der Waals surface area (Å²) in [4.78, 5) is 26.0. The molecule has 0 saturated heterocycles. The number of rotatable bonds is 27. The summed E-state index contributed by atoms with van der Waals surface area (Å²) in [5.41, 5.74) is 7.04. The zero-order valence-corrected chi connectivity index (χ0v) is 53.7. The third-order valence-electron chi connectivity index (χ3n) is 16.3. The first kappa shape index (κ1) is 69.5. The summed E-state index contributed by atoms with van der Waals surface area (Å²) < 4.78 is 120. The Kier molecular flexibility index (Phi) is 25.7. The molecule has 0 radical (unpaired) electrons. The Morgan fingerprint density at radius 2 is 0.750 bits per heavy atom. The average molecular weight is 1260 g/mol. The Morgan fingerprint density at radius 1 is 0.432 bits per heavy atom. The largest absolute Gasteiger partial charge is 0.744 e. The van der Waals surface area contributed by atoms with Crippen molar-refractivity contribution >= 4 is 32.2 Å². The fraction of sp³-hybridized carbons (Fsp3) is 0.424. The van der Waals surface area contributed by atoms with Crippen LogP contribution in [0.25, 0.3) is 0 Å². The summed E-state index contributed by atoms with van der Waals surface area (Å²) in [5.74, 6) is 5.13. The average Bonchev–Trinajstić information content (AvgIpc) is 1.21. The number of methoxy groups -OCH3 is 8. The van der Waals surface area contributed by atoms with Crippen LogP contribution >= 0.6 is 0 Å². The molecule has 4 atom stereocenters. The Morgan fingerprint density at radius 3 is 1.06 bits per heavy atom. The van der Waals surface area contributed by atoms with E-state index in [0.717, 1.165) is 75.6 Å². The summed E-state index contributed by atoms with van der Waals surface area (Å²) in [6.45, 7) is 3.70. The van der Waals surface area contributed by atoms with E-state index in [1.807, 2.05) is 24.3 Å². The van der Waals surface area contributed by atoms with Crippen molar-refractivity contribution in [2.45, 2.75) is 86.1 Å². The lowest BCUT2D eigenvalue weighted by Crippen LogP contribution is -2.53. The third kappa shape index (κ3) is 19.0. The number of carbonyl (C=O) groups is 2. The normalized spacial score (nSPS) is 17.6. The van der Waals surface area contributed by atoms with Gasteiger partial charge in [-0.2, -0.15) is 0 Å². The number of ether oxygens (including phenoxy) is 10.